The van der Waals surface area contributed by atoms with Gasteiger partial charge in [0.2, 0.25) is 0 Å². The molecule has 1 heterocycles. The first-order valence-electron chi connectivity index (χ1n) is 8.10. The number of rotatable bonds is 2. The average molecular weight is 433 g/mol. The number of likely N-dealkylation sites (tertiary alicyclic amines) is 1. The summed E-state index contributed by atoms with van der Waals surface area (Å²) < 4.78 is 39.1. The van der Waals surface area contributed by atoms with Gasteiger partial charge in [0, 0.05) is 19.6 Å². The normalized spacial score (nSPS) is 28.0. The molecule has 0 spiro atoms. The second-order valence-corrected chi connectivity index (χ2v) is 6.29. The lowest BCUT2D eigenvalue weighted by Gasteiger charge is -2.32. The molecule has 1 aliphatic carbocycles. The van der Waals surface area contributed by atoms with Gasteiger partial charge in [-0.25, -0.2) is 0 Å². The molecule has 1 aliphatic heterocycles. The number of halogens is 4. The van der Waals surface area contributed by atoms with Crippen molar-refractivity contribution in [3.8, 4) is 0 Å². The van der Waals surface area contributed by atoms with Gasteiger partial charge in [0.15, 0.2) is 5.96 Å². The molecule has 0 aromatic rings. The zero-order chi connectivity index (χ0) is 15.3. The van der Waals surface area contributed by atoms with Crippen molar-refractivity contribution >= 4 is 29.9 Å². The largest absolute Gasteiger partial charge is 0.392 e. The van der Waals surface area contributed by atoms with E-state index in [4.69, 9.17) is 5.73 Å². The topological polar surface area (TPSA) is 41.6 Å². The molecule has 2 aliphatic rings. The van der Waals surface area contributed by atoms with E-state index in [1.54, 1.807) is 0 Å². The molecule has 7 heteroatoms. The summed E-state index contributed by atoms with van der Waals surface area (Å²) in [5, 5.41) is 0. The lowest BCUT2D eigenvalue weighted by Crippen LogP contribution is -2.39. The van der Waals surface area contributed by atoms with E-state index in [2.05, 4.69) is 4.99 Å². The number of hydrogen-bond donors (Lipinski definition) is 1. The molecule has 0 bridgehead atoms. The van der Waals surface area contributed by atoms with Crippen LogP contribution in [0.15, 0.2) is 4.99 Å². The first kappa shape index (κ1) is 19.8. The van der Waals surface area contributed by atoms with Crippen LogP contribution in [0, 0.1) is 11.8 Å². The third-order valence-electron chi connectivity index (χ3n) is 4.75. The van der Waals surface area contributed by atoms with Crippen LogP contribution in [0.3, 0.4) is 0 Å². The highest BCUT2D eigenvalue weighted by Gasteiger charge is 2.45. The van der Waals surface area contributed by atoms with Crippen LogP contribution in [-0.4, -0.2) is 36.7 Å². The molecule has 3 nitrogen and oxygen atoms in total. The molecule has 1 saturated heterocycles. The third kappa shape index (κ3) is 5.77. The highest BCUT2D eigenvalue weighted by atomic mass is 127. The molecule has 0 radical (unpaired) electrons. The molecule has 0 amide bonds. The Hall–Kier alpha value is -0.210. The van der Waals surface area contributed by atoms with Crippen LogP contribution in [0.5, 0.6) is 0 Å². The van der Waals surface area contributed by atoms with Gasteiger partial charge in [-0.3, -0.25) is 4.99 Å². The first-order chi connectivity index (χ1) is 9.98. The average Bonchev–Trinajstić information content (AvgIpc) is 2.73. The Kier molecular flexibility index (Phi) is 8.27. The molecule has 130 valence electrons. The van der Waals surface area contributed by atoms with Gasteiger partial charge in [0.25, 0.3) is 0 Å². The summed E-state index contributed by atoms with van der Waals surface area (Å²) in [6.45, 7) is 1.97. The molecular formula is C15H27F3IN3. The monoisotopic (exact) mass is 433 g/mol. The number of aliphatic imine (C=N–C) groups is 1. The van der Waals surface area contributed by atoms with Crippen molar-refractivity contribution in [3.63, 3.8) is 0 Å². The van der Waals surface area contributed by atoms with Gasteiger partial charge in [0.05, 0.1) is 5.92 Å². The Morgan fingerprint density at radius 2 is 1.59 bits per heavy atom. The summed E-state index contributed by atoms with van der Waals surface area (Å²) in [6.07, 6.45) is 2.87. The summed E-state index contributed by atoms with van der Waals surface area (Å²) in [5.74, 6) is -1.17. The first-order valence-corrected chi connectivity index (χ1v) is 8.10. The lowest BCUT2D eigenvalue weighted by atomic mass is 9.79. The van der Waals surface area contributed by atoms with E-state index >= 15 is 0 Å². The standard InChI is InChI=1S/C15H26F3N3.HI/c16-15(17,18)13-8-4-3-7-12(13)11-20-14(19)21-9-5-1-2-6-10-21;/h12-13H,1-11H2,(H2,19,20);1H/t12-,13-;/m1./s1. The SMILES string of the molecule is I.NC(=NC[C@H]1CCCC[C@H]1C(F)(F)F)N1CCCCCC1. The fourth-order valence-corrected chi connectivity index (χ4v) is 3.47. The maximum Gasteiger partial charge on any atom is 0.392 e. The summed E-state index contributed by atoms with van der Waals surface area (Å²) in [5.41, 5.74) is 5.98. The predicted molar refractivity (Wildman–Crippen MR) is 93.4 cm³/mol. The van der Waals surface area contributed by atoms with E-state index in [-0.39, 0.29) is 36.9 Å². The minimum Gasteiger partial charge on any atom is -0.370 e. The third-order valence-corrected chi connectivity index (χ3v) is 4.75. The Bertz CT molecular complexity index is 352. The van der Waals surface area contributed by atoms with Crippen LogP contribution in [0.4, 0.5) is 13.2 Å². The van der Waals surface area contributed by atoms with Crippen LogP contribution >= 0.6 is 24.0 Å². The predicted octanol–water partition coefficient (Wildman–Crippen LogP) is 4.16. The van der Waals surface area contributed by atoms with Gasteiger partial charge < -0.3 is 10.6 Å². The number of alkyl halides is 3. The Balaban J connectivity index is 0.00000242. The van der Waals surface area contributed by atoms with Crippen molar-refractivity contribution in [3.05, 3.63) is 0 Å². The van der Waals surface area contributed by atoms with Crippen molar-refractivity contribution in [1.29, 1.82) is 0 Å². The van der Waals surface area contributed by atoms with Gasteiger partial charge in [-0.15, -0.1) is 24.0 Å². The molecule has 0 unspecified atom stereocenters. The highest BCUT2D eigenvalue weighted by Crippen LogP contribution is 2.41. The molecule has 1 saturated carbocycles. The zero-order valence-corrected chi connectivity index (χ0v) is 15.3. The van der Waals surface area contributed by atoms with E-state index in [0.29, 0.717) is 18.8 Å². The Labute approximate surface area is 147 Å². The Morgan fingerprint density at radius 3 is 2.18 bits per heavy atom. The minimum absolute atomic E-state index is 0. The molecule has 22 heavy (non-hydrogen) atoms. The summed E-state index contributed by atoms with van der Waals surface area (Å²) in [7, 11) is 0. The fraction of sp³-hybridized carbons (Fsp3) is 0.933. The molecule has 0 aromatic heterocycles. The molecular weight excluding hydrogens is 406 g/mol. The van der Waals surface area contributed by atoms with Crippen molar-refractivity contribution in [2.24, 2.45) is 22.6 Å². The maximum absolute atomic E-state index is 13.0. The highest BCUT2D eigenvalue weighted by molar-refractivity contribution is 14.0. The van der Waals surface area contributed by atoms with Gasteiger partial charge in [-0.1, -0.05) is 25.7 Å². The summed E-state index contributed by atoms with van der Waals surface area (Å²) in [6, 6.07) is 0. The van der Waals surface area contributed by atoms with Gasteiger partial charge in [0.1, 0.15) is 0 Å². The second kappa shape index (κ2) is 9.17. The van der Waals surface area contributed by atoms with Crippen LogP contribution in [-0.2, 0) is 0 Å². The van der Waals surface area contributed by atoms with Crippen LogP contribution in [0.2, 0.25) is 0 Å². The van der Waals surface area contributed by atoms with E-state index in [0.717, 1.165) is 32.4 Å². The van der Waals surface area contributed by atoms with Crippen LogP contribution in [0.1, 0.15) is 51.4 Å². The van der Waals surface area contributed by atoms with E-state index in [9.17, 15) is 13.2 Å². The van der Waals surface area contributed by atoms with E-state index < -0.39 is 18.0 Å². The van der Waals surface area contributed by atoms with Crippen molar-refractivity contribution in [1.82, 2.24) is 4.90 Å². The van der Waals surface area contributed by atoms with Crippen molar-refractivity contribution in [2.75, 3.05) is 19.6 Å². The fourth-order valence-electron chi connectivity index (χ4n) is 3.47. The summed E-state index contributed by atoms with van der Waals surface area (Å²) >= 11 is 0. The smallest absolute Gasteiger partial charge is 0.370 e. The van der Waals surface area contributed by atoms with Gasteiger partial charge in [-0.2, -0.15) is 13.2 Å². The van der Waals surface area contributed by atoms with Crippen LogP contribution < -0.4 is 5.73 Å². The van der Waals surface area contributed by atoms with E-state index in [1.807, 2.05) is 4.90 Å². The molecule has 2 fully saturated rings. The second-order valence-electron chi connectivity index (χ2n) is 6.29. The molecule has 2 N–H and O–H groups in total. The Morgan fingerprint density at radius 1 is 1.00 bits per heavy atom. The molecule has 0 aromatic carbocycles. The maximum atomic E-state index is 13.0. The zero-order valence-electron chi connectivity index (χ0n) is 12.9. The number of nitrogens with zero attached hydrogens (tertiary/aromatic N) is 2. The van der Waals surface area contributed by atoms with Crippen molar-refractivity contribution in [2.45, 2.75) is 57.5 Å². The lowest BCUT2D eigenvalue weighted by molar-refractivity contribution is -0.195. The molecule has 2 rings (SSSR count). The van der Waals surface area contributed by atoms with E-state index in [1.165, 1.54) is 12.8 Å². The summed E-state index contributed by atoms with van der Waals surface area (Å²) in [4.78, 5) is 6.32. The van der Waals surface area contributed by atoms with Gasteiger partial charge in [-0.05, 0) is 31.6 Å². The molecule has 2 atom stereocenters. The van der Waals surface area contributed by atoms with Gasteiger partial charge >= 0.3 is 6.18 Å². The quantitative estimate of drug-likeness (QED) is 0.404. The minimum atomic E-state index is -4.10. The van der Waals surface area contributed by atoms with Crippen molar-refractivity contribution < 1.29 is 13.2 Å². The number of hydrogen-bond acceptors (Lipinski definition) is 1. The van der Waals surface area contributed by atoms with Crippen LogP contribution in [0.25, 0.3) is 0 Å². The number of guanidine groups is 1. The number of nitrogens with two attached hydrogens (primary N) is 1.